The quantitative estimate of drug-likeness (QED) is 0.187. The van der Waals surface area contributed by atoms with E-state index in [1.54, 1.807) is 7.11 Å². The summed E-state index contributed by atoms with van der Waals surface area (Å²) in [5, 5.41) is 0. The topological polar surface area (TPSA) is 55.4 Å². The first-order chi connectivity index (χ1) is 12.2. The third-order valence-electron chi connectivity index (χ3n) is 4.04. The molecule has 2 unspecified atom stereocenters. The van der Waals surface area contributed by atoms with E-state index in [1.165, 1.54) is 0 Å². The number of hydrogen-bond donors (Lipinski definition) is 0. The minimum absolute atomic E-state index is 0.148. The van der Waals surface area contributed by atoms with Crippen LogP contribution in [0.2, 0.25) is 0 Å². The molecule has 0 amide bonds. The first-order valence-corrected chi connectivity index (χ1v) is 12.3. The monoisotopic (exact) mass is 396 g/mol. The highest BCUT2D eigenvalue weighted by atomic mass is 28.3. The summed E-state index contributed by atoms with van der Waals surface area (Å²) in [5.41, 5.74) is 0. The van der Waals surface area contributed by atoms with Crippen LogP contribution in [-0.4, -0.2) is 77.4 Å². The van der Waals surface area contributed by atoms with Crippen molar-refractivity contribution in [1.29, 1.82) is 0 Å². The lowest BCUT2D eigenvalue weighted by molar-refractivity contribution is -0.0885. The van der Waals surface area contributed by atoms with E-state index in [4.69, 9.17) is 27.8 Å². The number of methoxy groups -OCH3 is 1. The molecular formula is C17H40O6Si2. The van der Waals surface area contributed by atoms with Crippen molar-refractivity contribution >= 4 is 19.5 Å². The van der Waals surface area contributed by atoms with Crippen LogP contribution < -0.4 is 0 Å². The van der Waals surface area contributed by atoms with Gasteiger partial charge in [0, 0.05) is 46.8 Å². The molecule has 0 radical (unpaired) electrons. The summed E-state index contributed by atoms with van der Waals surface area (Å²) >= 11 is 0. The fraction of sp³-hybridized carbons (Fsp3) is 1.00. The van der Waals surface area contributed by atoms with Crippen molar-refractivity contribution in [2.75, 3.05) is 46.8 Å². The highest BCUT2D eigenvalue weighted by molar-refractivity contribution is 6.55. The summed E-state index contributed by atoms with van der Waals surface area (Å²) < 4.78 is 34.5. The van der Waals surface area contributed by atoms with Gasteiger partial charge in [-0.2, -0.15) is 0 Å². The Hall–Kier alpha value is 0.194. The molecule has 152 valence electrons. The summed E-state index contributed by atoms with van der Waals surface area (Å²) in [7, 11) is 0.0424. The van der Waals surface area contributed by atoms with Crippen LogP contribution in [0.15, 0.2) is 0 Å². The molecule has 0 aliphatic heterocycles. The van der Waals surface area contributed by atoms with Gasteiger partial charge >= 0.3 is 0 Å². The maximum Gasteiger partial charge on any atom is 0.196 e. The Morgan fingerprint density at radius 3 is 2.08 bits per heavy atom. The summed E-state index contributed by atoms with van der Waals surface area (Å²) in [4.78, 5) is -0.166. The van der Waals surface area contributed by atoms with E-state index >= 15 is 0 Å². The van der Waals surface area contributed by atoms with E-state index in [-0.39, 0.29) is 11.1 Å². The van der Waals surface area contributed by atoms with Crippen LogP contribution in [0.1, 0.15) is 53.4 Å². The van der Waals surface area contributed by atoms with Gasteiger partial charge in [-0.15, -0.1) is 0 Å². The van der Waals surface area contributed by atoms with E-state index in [0.29, 0.717) is 6.61 Å². The van der Waals surface area contributed by atoms with E-state index in [9.17, 15) is 0 Å². The maximum absolute atomic E-state index is 6.17. The van der Waals surface area contributed by atoms with Gasteiger partial charge in [0.1, 0.15) is 6.29 Å². The molecule has 0 N–H and O–H groups in total. The average Bonchev–Trinajstić information content (AvgIpc) is 2.64. The van der Waals surface area contributed by atoms with Gasteiger partial charge in [-0.1, -0.05) is 6.92 Å². The van der Waals surface area contributed by atoms with Crippen molar-refractivity contribution in [1.82, 2.24) is 0 Å². The Morgan fingerprint density at radius 1 is 0.840 bits per heavy atom. The Labute approximate surface area is 159 Å². The molecule has 0 aliphatic rings. The second-order valence-corrected chi connectivity index (χ2v) is 10.8. The summed E-state index contributed by atoms with van der Waals surface area (Å²) in [6, 6.07) is 0. The molecule has 0 spiro atoms. The van der Waals surface area contributed by atoms with Gasteiger partial charge in [-0.05, 0) is 46.5 Å². The predicted octanol–water partition coefficient (Wildman–Crippen LogP) is 1.50. The van der Waals surface area contributed by atoms with Gasteiger partial charge in [0.05, 0.1) is 4.85 Å². The first kappa shape index (κ1) is 25.2. The maximum atomic E-state index is 6.17. The number of rotatable bonds is 19. The van der Waals surface area contributed by atoms with Gasteiger partial charge in [0.15, 0.2) is 19.5 Å². The molecule has 8 heteroatoms. The van der Waals surface area contributed by atoms with Crippen molar-refractivity contribution < 1.29 is 27.8 Å². The lowest BCUT2D eigenvalue weighted by atomic mass is 10.3. The molecule has 6 nitrogen and oxygen atoms in total. The molecular weight excluding hydrogens is 356 g/mol. The van der Waals surface area contributed by atoms with Crippen molar-refractivity contribution in [3.05, 3.63) is 0 Å². The van der Waals surface area contributed by atoms with E-state index < -0.39 is 19.5 Å². The van der Waals surface area contributed by atoms with E-state index in [2.05, 4.69) is 6.92 Å². The normalized spacial score (nSPS) is 16.2. The summed E-state index contributed by atoms with van der Waals surface area (Å²) in [6.45, 7) is 12.6. The minimum Gasteiger partial charge on any atom is -0.421 e. The second kappa shape index (κ2) is 17.6. The van der Waals surface area contributed by atoms with Crippen LogP contribution in [-0.2, 0) is 27.8 Å². The zero-order valence-corrected chi connectivity index (χ0v) is 19.8. The van der Waals surface area contributed by atoms with Crippen LogP contribution in [0, 0.1) is 0 Å². The molecule has 0 aromatic heterocycles. The Morgan fingerprint density at radius 2 is 1.52 bits per heavy atom. The van der Waals surface area contributed by atoms with Crippen molar-refractivity contribution in [2.24, 2.45) is 0 Å². The van der Waals surface area contributed by atoms with Crippen LogP contribution in [0.5, 0.6) is 0 Å². The van der Waals surface area contributed by atoms with Crippen LogP contribution >= 0.6 is 0 Å². The Balaban J connectivity index is 4.24. The second-order valence-electron chi connectivity index (χ2n) is 5.88. The van der Waals surface area contributed by atoms with Gasteiger partial charge in [0.25, 0.3) is 0 Å². The van der Waals surface area contributed by atoms with E-state index in [1.807, 2.05) is 20.8 Å². The van der Waals surface area contributed by atoms with Crippen molar-refractivity contribution in [3.8, 4) is 0 Å². The molecule has 0 bridgehead atoms. The van der Waals surface area contributed by atoms with Gasteiger partial charge in [-0.25, -0.2) is 0 Å². The number of ether oxygens (including phenoxy) is 4. The lowest BCUT2D eigenvalue weighted by Gasteiger charge is -2.31. The molecule has 2 atom stereocenters. The largest absolute Gasteiger partial charge is 0.421 e. The minimum atomic E-state index is -0.915. The van der Waals surface area contributed by atoms with Gasteiger partial charge in [0.2, 0.25) is 0 Å². The molecule has 0 aromatic carbocycles. The van der Waals surface area contributed by atoms with Gasteiger partial charge < -0.3 is 27.8 Å². The first-order valence-electron chi connectivity index (χ1n) is 9.69. The molecule has 25 heavy (non-hydrogen) atoms. The Bertz CT molecular complexity index is 280. The fourth-order valence-electron chi connectivity index (χ4n) is 2.32. The Kier molecular flexibility index (Phi) is 17.7. The van der Waals surface area contributed by atoms with Gasteiger partial charge in [-0.3, -0.25) is 0 Å². The average molecular weight is 397 g/mol. The molecule has 0 aromatic rings. The zero-order valence-electron chi connectivity index (χ0n) is 17.0. The lowest BCUT2D eigenvalue weighted by Crippen LogP contribution is -2.48. The molecule has 0 heterocycles. The van der Waals surface area contributed by atoms with Crippen LogP contribution in [0.25, 0.3) is 0 Å². The SMILES string of the molecule is CCOCCCO[SiH2]C(CC)(OC)[SiH2]OC(CCCOCC)OCC. The third-order valence-corrected chi connectivity index (χ3v) is 8.93. The third kappa shape index (κ3) is 13.1. The van der Waals surface area contributed by atoms with Crippen molar-refractivity contribution in [3.63, 3.8) is 0 Å². The fourth-order valence-corrected chi connectivity index (χ4v) is 5.55. The number of hydrogen-bond acceptors (Lipinski definition) is 6. The zero-order chi connectivity index (χ0) is 18.8. The van der Waals surface area contributed by atoms with Crippen LogP contribution in [0.4, 0.5) is 0 Å². The molecule has 0 fully saturated rings. The molecule has 0 rings (SSSR count). The smallest absolute Gasteiger partial charge is 0.196 e. The highest BCUT2D eigenvalue weighted by Gasteiger charge is 2.32. The highest BCUT2D eigenvalue weighted by Crippen LogP contribution is 2.15. The van der Waals surface area contributed by atoms with E-state index in [0.717, 1.165) is 58.7 Å². The molecule has 0 saturated heterocycles. The summed E-state index contributed by atoms with van der Waals surface area (Å²) in [5.74, 6) is 0. The molecule has 0 saturated carbocycles. The predicted molar refractivity (Wildman–Crippen MR) is 106 cm³/mol. The standard InChI is InChI=1S/C17H40O6Si2/c1-6-17(18-5,24-22-15-11-14-20-8-3)25-23-16(21-9-4)12-10-13-19-7-2/h16H,6-15,24-25H2,1-5H3. The summed E-state index contributed by atoms with van der Waals surface area (Å²) in [6.07, 6.45) is 3.53. The van der Waals surface area contributed by atoms with Crippen LogP contribution in [0.3, 0.4) is 0 Å². The molecule has 0 aliphatic carbocycles. The van der Waals surface area contributed by atoms with Crippen molar-refractivity contribution in [2.45, 2.75) is 64.5 Å².